The lowest BCUT2D eigenvalue weighted by atomic mass is 10.1. The molecule has 2 heterocycles. The third kappa shape index (κ3) is 3.89. The predicted molar refractivity (Wildman–Crippen MR) is 71.5 cm³/mol. The fourth-order valence-electron chi connectivity index (χ4n) is 1.48. The molecule has 0 saturated carbocycles. The van der Waals surface area contributed by atoms with Crippen molar-refractivity contribution in [2.75, 3.05) is 6.54 Å². The van der Waals surface area contributed by atoms with Crippen LogP contribution in [0.15, 0.2) is 16.1 Å². The molecule has 0 aliphatic heterocycles. The van der Waals surface area contributed by atoms with E-state index in [1.165, 1.54) is 11.3 Å². The van der Waals surface area contributed by atoms with Crippen molar-refractivity contribution in [3.05, 3.63) is 17.6 Å². The summed E-state index contributed by atoms with van der Waals surface area (Å²) in [6.07, 6.45) is 3.53. The first-order chi connectivity index (χ1) is 8.54. The fraction of sp³-hybridized carbons (Fsp3) is 0.583. The van der Waals surface area contributed by atoms with Crippen molar-refractivity contribution in [1.29, 1.82) is 0 Å². The zero-order valence-corrected chi connectivity index (χ0v) is 11.8. The average molecular weight is 266 g/mol. The van der Waals surface area contributed by atoms with E-state index < -0.39 is 0 Å². The molecular weight excluding hydrogens is 248 g/mol. The molecule has 0 aliphatic rings. The van der Waals surface area contributed by atoms with Crippen molar-refractivity contribution in [3.63, 3.8) is 0 Å². The molecule has 0 unspecified atom stereocenters. The smallest absolute Gasteiger partial charge is 0.259 e. The highest BCUT2D eigenvalue weighted by Crippen LogP contribution is 2.21. The van der Waals surface area contributed by atoms with Gasteiger partial charge in [-0.25, -0.2) is 0 Å². The van der Waals surface area contributed by atoms with Crippen LogP contribution in [-0.4, -0.2) is 27.3 Å². The first-order valence-corrected chi connectivity index (χ1v) is 6.89. The van der Waals surface area contributed by atoms with Crippen LogP contribution in [0, 0.1) is 0 Å². The van der Waals surface area contributed by atoms with E-state index in [0.29, 0.717) is 11.8 Å². The number of hydrogen-bond donors (Lipinski definition) is 1. The number of nitrogens with zero attached hydrogens (tertiary/aromatic N) is 3. The van der Waals surface area contributed by atoms with Crippen molar-refractivity contribution in [2.45, 2.75) is 39.2 Å². The van der Waals surface area contributed by atoms with Gasteiger partial charge in [0, 0.05) is 12.0 Å². The van der Waals surface area contributed by atoms with Gasteiger partial charge in [0.1, 0.15) is 4.88 Å². The largest absolute Gasteiger partial charge is 0.420 e. The van der Waals surface area contributed by atoms with E-state index in [1.54, 1.807) is 11.7 Å². The molecule has 5 nitrogen and oxygen atoms in total. The van der Waals surface area contributed by atoms with Crippen LogP contribution in [0.2, 0.25) is 0 Å². The van der Waals surface area contributed by atoms with Crippen LogP contribution in [0.4, 0.5) is 0 Å². The molecule has 18 heavy (non-hydrogen) atoms. The summed E-state index contributed by atoms with van der Waals surface area (Å²) in [4.78, 5) is 4.91. The molecule has 1 N–H and O–H groups in total. The summed E-state index contributed by atoms with van der Waals surface area (Å²) in [5.41, 5.74) is 1.91. The topological polar surface area (TPSA) is 63.8 Å². The predicted octanol–water partition coefficient (Wildman–Crippen LogP) is 2.51. The SMILES string of the molecule is CC(C)(C)NCCCc1nnc(-c2cncs2)o1. The van der Waals surface area contributed by atoms with Crippen molar-refractivity contribution < 1.29 is 4.42 Å². The number of aryl methyl sites for hydroxylation is 1. The van der Waals surface area contributed by atoms with Gasteiger partial charge in [0.15, 0.2) is 0 Å². The van der Waals surface area contributed by atoms with Gasteiger partial charge in [-0.3, -0.25) is 4.98 Å². The second-order valence-corrected chi connectivity index (χ2v) is 6.03. The van der Waals surface area contributed by atoms with E-state index in [2.05, 4.69) is 41.3 Å². The highest BCUT2D eigenvalue weighted by Gasteiger charge is 2.11. The van der Waals surface area contributed by atoms with E-state index in [1.807, 2.05) is 0 Å². The first-order valence-electron chi connectivity index (χ1n) is 6.01. The third-order valence-corrected chi connectivity index (χ3v) is 3.09. The molecule has 0 radical (unpaired) electrons. The van der Waals surface area contributed by atoms with Gasteiger partial charge in [0.05, 0.1) is 11.7 Å². The Hall–Kier alpha value is -1.27. The standard InChI is InChI=1S/C12H18N4OS/c1-12(2,3)14-6-4-5-10-15-16-11(17-10)9-7-13-8-18-9/h7-8,14H,4-6H2,1-3H3. The molecular formula is C12H18N4OS. The van der Waals surface area contributed by atoms with E-state index in [-0.39, 0.29) is 5.54 Å². The molecule has 0 amide bonds. The normalized spacial score (nSPS) is 11.9. The Morgan fingerprint density at radius 1 is 1.33 bits per heavy atom. The summed E-state index contributed by atoms with van der Waals surface area (Å²) < 4.78 is 5.58. The highest BCUT2D eigenvalue weighted by molar-refractivity contribution is 7.13. The Morgan fingerprint density at radius 2 is 2.17 bits per heavy atom. The zero-order chi connectivity index (χ0) is 13.0. The van der Waals surface area contributed by atoms with Crippen LogP contribution in [0.25, 0.3) is 10.8 Å². The number of thiazole rings is 1. The van der Waals surface area contributed by atoms with Crippen LogP contribution in [0.3, 0.4) is 0 Å². The van der Waals surface area contributed by atoms with Gasteiger partial charge in [-0.05, 0) is 33.7 Å². The molecule has 6 heteroatoms. The number of rotatable bonds is 5. The van der Waals surface area contributed by atoms with E-state index in [4.69, 9.17) is 4.42 Å². The minimum atomic E-state index is 0.155. The molecule has 98 valence electrons. The molecule has 2 aromatic rings. The van der Waals surface area contributed by atoms with Crippen molar-refractivity contribution >= 4 is 11.3 Å². The van der Waals surface area contributed by atoms with Crippen LogP contribution in [-0.2, 0) is 6.42 Å². The summed E-state index contributed by atoms with van der Waals surface area (Å²) in [5.74, 6) is 1.25. The van der Waals surface area contributed by atoms with Gasteiger partial charge in [-0.1, -0.05) is 0 Å². The molecule has 0 saturated heterocycles. The maximum absolute atomic E-state index is 5.58. The lowest BCUT2D eigenvalue weighted by Gasteiger charge is -2.19. The Kier molecular flexibility index (Phi) is 4.08. The first kappa shape index (κ1) is 13.2. The van der Waals surface area contributed by atoms with E-state index >= 15 is 0 Å². The average Bonchev–Trinajstić information content (AvgIpc) is 2.93. The number of aromatic nitrogens is 3. The Morgan fingerprint density at radius 3 is 2.83 bits per heavy atom. The summed E-state index contributed by atoms with van der Waals surface area (Å²) >= 11 is 1.50. The van der Waals surface area contributed by atoms with Crippen molar-refractivity contribution in [2.24, 2.45) is 0 Å². The van der Waals surface area contributed by atoms with Gasteiger partial charge in [0.25, 0.3) is 5.89 Å². The highest BCUT2D eigenvalue weighted by atomic mass is 32.1. The zero-order valence-electron chi connectivity index (χ0n) is 10.9. The summed E-state index contributed by atoms with van der Waals surface area (Å²) in [6, 6.07) is 0. The number of hydrogen-bond acceptors (Lipinski definition) is 6. The van der Waals surface area contributed by atoms with Crippen molar-refractivity contribution in [1.82, 2.24) is 20.5 Å². The van der Waals surface area contributed by atoms with Crippen molar-refractivity contribution in [3.8, 4) is 10.8 Å². The molecule has 2 rings (SSSR count). The Labute approximate surface area is 111 Å². The van der Waals surface area contributed by atoms with Crippen LogP contribution in [0.1, 0.15) is 33.1 Å². The maximum atomic E-state index is 5.58. The summed E-state index contributed by atoms with van der Waals surface area (Å²) in [7, 11) is 0. The molecule has 0 fully saturated rings. The van der Waals surface area contributed by atoms with Crippen LogP contribution in [0.5, 0.6) is 0 Å². The lowest BCUT2D eigenvalue weighted by molar-refractivity contribution is 0.413. The maximum Gasteiger partial charge on any atom is 0.259 e. The summed E-state index contributed by atoms with van der Waals surface area (Å²) in [5, 5.41) is 11.5. The molecule has 0 spiro atoms. The molecule has 0 aromatic carbocycles. The Bertz CT molecular complexity index is 472. The molecule has 0 aliphatic carbocycles. The third-order valence-electron chi connectivity index (χ3n) is 2.33. The summed E-state index contributed by atoms with van der Waals surface area (Å²) in [6.45, 7) is 7.41. The second kappa shape index (κ2) is 5.58. The Balaban J connectivity index is 1.81. The van der Waals surface area contributed by atoms with E-state index in [0.717, 1.165) is 24.3 Å². The minimum absolute atomic E-state index is 0.155. The molecule has 0 bridgehead atoms. The monoisotopic (exact) mass is 266 g/mol. The van der Waals surface area contributed by atoms with E-state index in [9.17, 15) is 0 Å². The van der Waals surface area contributed by atoms with Gasteiger partial charge in [0.2, 0.25) is 5.89 Å². The van der Waals surface area contributed by atoms with Crippen LogP contribution < -0.4 is 5.32 Å². The van der Waals surface area contributed by atoms with Gasteiger partial charge in [-0.2, -0.15) is 0 Å². The lowest BCUT2D eigenvalue weighted by Crippen LogP contribution is -2.36. The van der Waals surface area contributed by atoms with Crippen LogP contribution >= 0.6 is 11.3 Å². The second-order valence-electron chi connectivity index (χ2n) is 5.15. The van der Waals surface area contributed by atoms with Gasteiger partial charge < -0.3 is 9.73 Å². The number of nitrogens with one attached hydrogen (secondary N) is 1. The minimum Gasteiger partial charge on any atom is -0.420 e. The fourth-order valence-corrected chi connectivity index (χ4v) is 2.02. The quantitative estimate of drug-likeness (QED) is 0.842. The molecule has 0 atom stereocenters. The van der Waals surface area contributed by atoms with Gasteiger partial charge >= 0.3 is 0 Å². The molecule has 2 aromatic heterocycles. The van der Waals surface area contributed by atoms with Gasteiger partial charge in [-0.15, -0.1) is 21.5 Å².